The summed E-state index contributed by atoms with van der Waals surface area (Å²) in [5.41, 5.74) is 0. The van der Waals surface area contributed by atoms with E-state index in [1.54, 1.807) is 4.90 Å². The Morgan fingerprint density at radius 3 is 2.50 bits per heavy atom. The number of nitrogens with one attached hydrogen (secondary N) is 1. The third kappa shape index (κ3) is 4.58. The van der Waals surface area contributed by atoms with Crippen LogP contribution in [-0.2, 0) is 9.53 Å². The van der Waals surface area contributed by atoms with Crippen LogP contribution in [0, 0.1) is 11.8 Å². The third-order valence-electron chi connectivity index (χ3n) is 4.21. The second-order valence-corrected chi connectivity index (χ2v) is 6.56. The van der Waals surface area contributed by atoms with Crippen LogP contribution in [0.15, 0.2) is 0 Å². The molecule has 0 saturated carbocycles. The van der Waals surface area contributed by atoms with Crippen molar-refractivity contribution in [3.8, 4) is 0 Å². The van der Waals surface area contributed by atoms with Crippen molar-refractivity contribution in [2.24, 2.45) is 11.8 Å². The van der Waals surface area contributed by atoms with Crippen LogP contribution in [0.25, 0.3) is 0 Å². The zero-order chi connectivity index (χ0) is 16.1. The Hall–Kier alpha value is -1.34. The van der Waals surface area contributed by atoms with E-state index in [0.717, 1.165) is 6.54 Å². The van der Waals surface area contributed by atoms with Gasteiger partial charge in [0.05, 0.1) is 19.1 Å². The molecule has 126 valence electrons. The van der Waals surface area contributed by atoms with E-state index >= 15 is 0 Å². The summed E-state index contributed by atoms with van der Waals surface area (Å²) in [5.74, 6) is 0.298. The van der Waals surface area contributed by atoms with Gasteiger partial charge < -0.3 is 25.0 Å². The quantitative estimate of drug-likeness (QED) is 0.788. The maximum Gasteiger partial charge on any atom is 0.407 e. The standard InChI is InChI=1S/C15H27N3O4/c1-11(2)8-16-13-7-12(9-18(10-13)15(20)21)14(19)17-3-5-22-6-4-17/h11-13,16H,3-10H2,1-2H3,(H,20,21)/t12-,13+/m1/s1. The molecule has 0 aromatic rings. The van der Waals surface area contributed by atoms with Gasteiger partial charge in [0.25, 0.3) is 0 Å². The maximum atomic E-state index is 12.6. The van der Waals surface area contributed by atoms with E-state index in [-0.39, 0.29) is 17.9 Å². The molecule has 0 spiro atoms. The van der Waals surface area contributed by atoms with E-state index in [9.17, 15) is 14.7 Å². The van der Waals surface area contributed by atoms with Gasteiger partial charge in [-0.25, -0.2) is 4.79 Å². The monoisotopic (exact) mass is 313 g/mol. The lowest BCUT2D eigenvalue weighted by molar-refractivity contribution is -0.141. The summed E-state index contributed by atoms with van der Waals surface area (Å²) in [6.45, 7) is 8.14. The van der Waals surface area contributed by atoms with Gasteiger partial charge in [0, 0.05) is 32.2 Å². The van der Waals surface area contributed by atoms with Gasteiger partial charge in [-0.2, -0.15) is 0 Å². The third-order valence-corrected chi connectivity index (χ3v) is 4.21. The first-order chi connectivity index (χ1) is 10.5. The molecule has 0 aromatic carbocycles. The molecule has 2 N–H and O–H groups in total. The Labute approximate surface area is 131 Å². The van der Waals surface area contributed by atoms with Gasteiger partial charge in [-0.15, -0.1) is 0 Å². The molecule has 7 heteroatoms. The second-order valence-electron chi connectivity index (χ2n) is 6.56. The van der Waals surface area contributed by atoms with Crippen molar-refractivity contribution in [1.82, 2.24) is 15.1 Å². The Balaban J connectivity index is 1.98. The normalized spacial score (nSPS) is 26.3. The number of amides is 2. The number of carbonyl (C=O) groups is 2. The highest BCUT2D eigenvalue weighted by atomic mass is 16.5. The van der Waals surface area contributed by atoms with Gasteiger partial charge in [-0.1, -0.05) is 13.8 Å². The molecule has 0 bridgehead atoms. The Kier molecular flexibility index (Phi) is 6.02. The smallest absolute Gasteiger partial charge is 0.407 e. The van der Waals surface area contributed by atoms with E-state index in [2.05, 4.69) is 19.2 Å². The summed E-state index contributed by atoms with van der Waals surface area (Å²) >= 11 is 0. The van der Waals surface area contributed by atoms with Crippen LogP contribution in [0.5, 0.6) is 0 Å². The van der Waals surface area contributed by atoms with Gasteiger partial charge in [0.1, 0.15) is 0 Å². The highest BCUT2D eigenvalue weighted by Gasteiger charge is 2.36. The van der Waals surface area contributed by atoms with Crippen LogP contribution in [-0.4, -0.2) is 78.9 Å². The maximum absolute atomic E-state index is 12.6. The van der Waals surface area contributed by atoms with Gasteiger partial charge in [-0.3, -0.25) is 4.79 Å². The van der Waals surface area contributed by atoms with Crippen molar-refractivity contribution < 1.29 is 19.4 Å². The number of rotatable bonds is 4. The van der Waals surface area contributed by atoms with Gasteiger partial charge in [-0.05, 0) is 18.9 Å². The summed E-state index contributed by atoms with van der Waals surface area (Å²) in [6.07, 6.45) is -0.247. The first-order valence-electron chi connectivity index (χ1n) is 8.05. The number of carbonyl (C=O) groups excluding carboxylic acids is 1. The number of hydrogen-bond donors (Lipinski definition) is 2. The second kappa shape index (κ2) is 7.78. The summed E-state index contributed by atoms with van der Waals surface area (Å²) in [4.78, 5) is 27.1. The van der Waals surface area contributed by atoms with Crippen molar-refractivity contribution >= 4 is 12.0 Å². The van der Waals surface area contributed by atoms with Crippen molar-refractivity contribution in [1.29, 1.82) is 0 Å². The Bertz CT molecular complexity index is 396. The fourth-order valence-corrected chi connectivity index (χ4v) is 3.03. The van der Waals surface area contributed by atoms with Crippen molar-refractivity contribution in [2.75, 3.05) is 45.9 Å². The predicted octanol–water partition coefficient (Wildman–Crippen LogP) is 0.459. The first-order valence-corrected chi connectivity index (χ1v) is 8.05. The molecule has 22 heavy (non-hydrogen) atoms. The van der Waals surface area contributed by atoms with Crippen molar-refractivity contribution in [3.63, 3.8) is 0 Å². The number of morpholine rings is 1. The van der Waals surface area contributed by atoms with Gasteiger partial charge in [0.2, 0.25) is 5.91 Å². The average molecular weight is 313 g/mol. The summed E-state index contributed by atoms with van der Waals surface area (Å²) in [7, 11) is 0. The van der Waals surface area contributed by atoms with Crippen molar-refractivity contribution in [2.45, 2.75) is 26.3 Å². The molecule has 2 atom stereocenters. The van der Waals surface area contributed by atoms with Crippen LogP contribution in [0.1, 0.15) is 20.3 Å². The number of piperidine rings is 1. The highest BCUT2D eigenvalue weighted by molar-refractivity contribution is 5.80. The number of hydrogen-bond acceptors (Lipinski definition) is 4. The lowest BCUT2D eigenvalue weighted by atomic mass is 9.92. The summed E-state index contributed by atoms with van der Waals surface area (Å²) < 4.78 is 5.27. The van der Waals surface area contributed by atoms with Crippen molar-refractivity contribution in [3.05, 3.63) is 0 Å². The topological polar surface area (TPSA) is 82.1 Å². The largest absolute Gasteiger partial charge is 0.465 e. The van der Waals surface area contributed by atoms with E-state index in [1.807, 2.05) is 0 Å². The summed E-state index contributed by atoms with van der Waals surface area (Å²) in [6, 6.07) is 0.0437. The fourth-order valence-electron chi connectivity index (χ4n) is 3.03. The number of nitrogens with zero attached hydrogens (tertiary/aromatic N) is 2. The molecule has 2 aliphatic rings. The number of carboxylic acid groups (broad SMARTS) is 1. The minimum atomic E-state index is -0.948. The van der Waals surface area contributed by atoms with E-state index in [0.29, 0.717) is 51.7 Å². The molecule has 2 heterocycles. The molecular formula is C15H27N3O4. The summed E-state index contributed by atoms with van der Waals surface area (Å²) in [5, 5.41) is 12.7. The minimum absolute atomic E-state index is 0.0437. The van der Waals surface area contributed by atoms with E-state index in [1.165, 1.54) is 4.90 Å². The molecular weight excluding hydrogens is 286 g/mol. The molecule has 0 aromatic heterocycles. The number of ether oxygens (including phenoxy) is 1. The SMILES string of the molecule is CC(C)CN[C@H]1C[C@@H](C(=O)N2CCOCC2)CN(C(=O)O)C1. The molecule has 2 fully saturated rings. The molecule has 0 aliphatic carbocycles. The van der Waals surface area contributed by atoms with E-state index < -0.39 is 6.09 Å². The molecule has 2 saturated heterocycles. The predicted molar refractivity (Wildman–Crippen MR) is 81.7 cm³/mol. The van der Waals surface area contributed by atoms with Gasteiger partial charge >= 0.3 is 6.09 Å². The molecule has 2 rings (SSSR count). The van der Waals surface area contributed by atoms with Crippen LogP contribution in [0.4, 0.5) is 4.79 Å². The zero-order valence-corrected chi connectivity index (χ0v) is 13.5. The highest BCUT2D eigenvalue weighted by Crippen LogP contribution is 2.20. The Morgan fingerprint density at radius 2 is 1.91 bits per heavy atom. The Morgan fingerprint density at radius 1 is 1.23 bits per heavy atom. The molecule has 0 unspecified atom stereocenters. The van der Waals surface area contributed by atoms with Gasteiger partial charge in [0.15, 0.2) is 0 Å². The van der Waals surface area contributed by atoms with E-state index in [4.69, 9.17) is 4.74 Å². The lowest BCUT2D eigenvalue weighted by Gasteiger charge is -2.39. The zero-order valence-electron chi connectivity index (χ0n) is 13.5. The first kappa shape index (κ1) is 17.0. The fraction of sp³-hybridized carbons (Fsp3) is 0.867. The van der Waals surface area contributed by atoms with Crippen LogP contribution in [0.3, 0.4) is 0 Å². The number of likely N-dealkylation sites (tertiary alicyclic amines) is 1. The molecule has 2 aliphatic heterocycles. The van der Waals surface area contributed by atoms with Crippen LogP contribution < -0.4 is 5.32 Å². The average Bonchev–Trinajstić information content (AvgIpc) is 2.52. The minimum Gasteiger partial charge on any atom is -0.465 e. The molecule has 0 radical (unpaired) electrons. The lowest BCUT2D eigenvalue weighted by Crippen LogP contribution is -2.55. The van der Waals surface area contributed by atoms with Crippen LogP contribution >= 0.6 is 0 Å². The molecule has 2 amide bonds. The van der Waals surface area contributed by atoms with Crippen LogP contribution in [0.2, 0.25) is 0 Å². The molecule has 7 nitrogen and oxygen atoms in total.